The maximum absolute atomic E-state index is 5.73. The van der Waals surface area contributed by atoms with E-state index >= 15 is 0 Å². The van der Waals surface area contributed by atoms with E-state index in [-0.39, 0.29) is 12.1 Å². The highest BCUT2D eigenvalue weighted by molar-refractivity contribution is 5.28. The highest BCUT2D eigenvalue weighted by Gasteiger charge is 2.27. The molecule has 2 unspecified atom stereocenters. The van der Waals surface area contributed by atoms with E-state index in [1.807, 2.05) is 4.68 Å². The first-order valence-electron chi connectivity index (χ1n) is 5.90. The monoisotopic (exact) mass is 223 g/mol. The number of fused-ring (bicyclic) bond motifs is 1. The lowest BCUT2D eigenvalue weighted by Gasteiger charge is -2.22. The van der Waals surface area contributed by atoms with Crippen LogP contribution in [0.3, 0.4) is 0 Å². The van der Waals surface area contributed by atoms with Gasteiger partial charge in [0.25, 0.3) is 0 Å². The third-order valence-corrected chi connectivity index (χ3v) is 3.24. The molecule has 3 heterocycles. The Labute approximate surface area is 94.2 Å². The molecule has 1 aromatic rings. The van der Waals surface area contributed by atoms with Crippen molar-refractivity contribution in [3.8, 4) is 0 Å². The van der Waals surface area contributed by atoms with Gasteiger partial charge in [0.1, 0.15) is 6.10 Å². The maximum Gasteiger partial charge on any atom is 0.221 e. The van der Waals surface area contributed by atoms with Gasteiger partial charge in [-0.3, -0.25) is 0 Å². The summed E-state index contributed by atoms with van der Waals surface area (Å²) in [4.78, 5) is 4.49. The largest absolute Gasteiger partial charge is 0.370 e. The summed E-state index contributed by atoms with van der Waals surface area (Å²) in [5, 5.41) is 7.77. The maximum atomic E-state index is 5.73. The van der Waals surface area contributed by atoms with Gasteiger partial charge in [-0.2, -0.15) is 10.1 Å². The van der Waals surface area contributed by atoms with Gasteiger partial charge in [0.15, 0.2) is 5.82 Å². The second kappa shape index (κ2) is 4.03. The highest BCUT2D eigenvalue weighted by Crippen LogP contribution is 2.29. The lowest BCUT2D eigenvalue weighted by molar-refractivity contribution is 0.104. The summed E-state index contributed by atoms with van der Waals surface area (Å²) < 4.78 is 7.51. The lowest BCUT2D eigenvalue weighted by Crippen LogP contribution is -2.29. The molecule has 2 aliphatic heterocycles. The van der Waals surface area contributed by atoms with E-state index in [1.54, 1.807) is 0 Å². The summed E-state index contributed by atoms with van der Waals surface area (Å²) in [6.45, 7) is 2.36. The Kier molecular flexibility index (Phi) is 2.53. The summed E-state index contributed by atoms with van der Waals surface area (Å²) in [5.74, 6) is 1.65. The molecular formula is C10H17N5O. The van der Waals surface area contributed by atoms with Gasteiger partial charge < -0.3 is 15.8 Å². The van der Waals surface area contributed by atoms with E-state index in [2.05, 4.69) is 15.4 Å². The van der Waals surface area contributed by atoms with Crippen molar-refractivity contribution in [1.29, 1.82) is 0 Å². The summed E-state index contributed by atoms with van der Waals surface area (Å²) in [7, 11) is 0. The van der Waals surface area contributed by atoms with Crippen molar-refractivity contribution in [3.63, 3.8) is 0 Å². The van der Waals surface area contributed by atoms with Crippen molar-refractivity contribution in [1.82, 2.24) is 14.8 Å². The molecule has 88 valence electrons. The van der Waals surface area contributed by atoms with E-state index in [1.165, 1.54) is 0 Å². The van der Waals surface area contributed by atoms with Crippen LogP contribution in [0.5, 0.6) is 0 Å². The fourth-order valence-corrected chi connectivity index (χ4v) is 2.32. The molecule has 0 radical (unpaired) electrons. The van der Waals surface area contributed by atoms with Crippen molar-refractivity contribution in [3.05, 3.63) is 5.82 Å². The van der Waals surface area contributed by atoms with Crippen molar-refractivity contribution in [2.75, 3.05) is 25.0 Å². The molecule has 16 heavy (non-hydrogen) atoms. The van der Waals surface area contributed by atoms with Gasteiger partial charge in [0.2, 0.25) is 5.95 Å². The predicted molar refractivity (Wildman–Crippen MR) is 59.1 cm³/mol. The van der Waals surface area contributed by atoms with E-state index < -0.39 is 0 Å². The van der Waals surface area contributed by atoms with Gasteiger partial charge >= 0.3 is 0 Å². The molecule has 2 atom stereocenters. The molecule has 1 aromatic heterocycles. The number of hydrogen-bond donors (Lipinski definition) is 2. The number of hydrogen-bond acceptors (Lipinski definition) is 5. The predicted octanol–water partition coefficient (Wildman–Crippen LogP) is 0.445. The highest BCUT2D eigenvalue weighted by atomic mass is 16.5. The minimum Gasteiger partial charge on any atom is -0.370 e. The molecule has 0 aromatic carbocycles. The van der Waals surface area contributed by atoms with Gasteiger partial charge in [-0.1, -0.05) is 0 Å². The van der Waals surface area contributed by atoms with E-state index in [9.17, 15) is 0 Å². The Hall–Kier alpha value is -1.14. The smallest absolute Gasteiger partial charge is 0.221 e. The number of rotatable bonds is 2. The second-order valence-electron chi connectivity index (χ2n) is 4.34. The molecule has 0 bridgehead atoms. The van der Waals surface area contributed by atoms with E-state index in [0.29, 0.717) is 6.54 Å². The van der Waals surface area contributed by atoms with Gasteiger partial charge in [-0.05, 0) is 19.3 Å². The second-order valence-corrected chi connectivity index (χ2v) is 4.34. The Morgan fingerprint density at radius 2 is 2.44 bits per heavy atom. The topological polar surface area (TPSA) is 78.0 Å². The first-order chi connectivity index (χ1) is 7.88. The van der Waals surface area contributed by atoms with Crippen molar-refractivity contribution in [2.45, 2.75) is 31.4 Å². The Bertz CT molecular complexity index is 371. The quantitative estimate of drug-likeness (QED) is 0.761. The average Bonchev–Trinajstić information content (AvgIpc) is 2.96. The van der Waals surface area contributed by atoms with Gasteiger partial charge in [0.05, 0.1) is 6.04 Å². The van der Waals surface area contributed by atoms with Gasteiger partial charge in [-0.15, -0.1) is 0 Å². The van der Waals surface area contributed by atoms with Crippen LogP contribution >= 0.6 is 0 Å². The van der Waals surface area contributed by atoms with Crippen LogP contribution in [0.15, 0.2) is 0 Å². The van der Waals surface area contributed by atoms with Crippen LogP contribution in [0.25, 0.3) is 0 Å². The molecule has 0 spiro atoms. The molecular weight excluding hydrogens is 206 g/mol. The standard InChI is InChI=1S/C10H17N5O/c11-6-7-3-4-12-10-13-9(14-15(7)10)8-2-1-5-16-8/h7-8H,1-6,11H2,(H,12,13,14). The summed E-state index contributed by atoms with van der Waals surface area (Å²) in [5.41, 5.74) is 5.73. The zero-order chi connectivity index (χ0) is 11.0. The Morgan fingerprint density at radius 3 is 3.19 bits per heavy atom. The van der Waals surface area contributed by atoms with Crippen LogP contribution in [0.4, 0.5) is 5.95 Å². The summed E-state index contributed by atoms with van der Waals surface area (Å²) in [6.07, 6.45) is 3.22. The first kappa shape index (κ1) is 10.0. The number of aromatic nitrogens is 3. The molecule has 0 aliphatic carbocycles. The van der Waals surface area contributed by atoms with E-state index in [0.717, 1.165) is 44.2 Å². The van der Waals surface area contributed by atoms with Crippen LogP contribution in [-0.4, -0.2) is 34.5 Å². The number of nitrogens with one attached hydrogen (secondary N) is 1. The minimum atomic E-state index is 0.0818. The van der Waals surface area contributed by atoms with Crippen LogP contribution in [-0.2, 0) is 4.74 Å². The molecule has 1 fully saturated rings. The van der Waals surface area contributed by atoms with Crippen LogP contribution in [0.1, 0.15) is 37.2 Å². The number of ether oxygens (including phenoxy) is 1. The third-order valence-electron chi connectivity index (χ3n) is 3.24. The van der Waals surface area contributed by atoms with Crippen LogP contribution in [0, 0.1) is 0 Å². The van der Waals surface area contributed by atoms with E-state index in [4.69, 9.17) is 10.5 Å². The van der Waals surface area contributed by atoms with Crippen molar-refractivity contribution >= 4 is 5.95 Å². The number of nitrogens with zero attached hydrogens (tertiary/aromatic N) is 3. The fraction of sp³-hybridized carbons (Fsp3) is 0.800. The Morgan fingerprint density at radius 1 is 1.50 bits per heavy atom. The lowest BCUT2D eigenvalue weighted by atomic mass is 10.2. The molecule has 0 amide bonds. The average molecular weight is 223 g/mol. The summed E-state index contributed by atoms with van der Waals surface area (Å²) >= 11 is 0. The summed E-state index contributed by atoms with van der Waals surface area (Å²) in [6, 6.07) is 0.277. The van der Waals surface area contributed by atoms with Crippen molar-refractivity contribution in [2.24, 2.45) is 5.73 Å². The number of nitrogens with two attached hydrogens (primary N) is 1. The van der Waals surface area contributed by atoms with Crippen molar-refractivity contribution < 1.29 is 4.74 Å². The number of anilines is 1. The van der Waals surface area contributed by atoms with Crippen LogP contribution in [0.2, 0.25) is 0 Å². The molecule has 6 nitrogen and oxygen atoms in total. The fourth-order valence-electron chi connectivity index (χ4n) is 2.32. The molecule has 3 rings (SSSR count). The van der Waals surface area contributed by atoms with Gasteiger partial charge in [0, 0.05) is 19.7 Å². The molecule has 2 aliphatic rings. The molecule has 0 saturated carbocycles. The zero-order valence-electron chi connectivity index (χ0n) is 9.22. The minimum absolute atomic E-state index is 0.0818. The Balaban J connectivity index is 1.89. The SMILES string of the molecule is NCC1CCNc2nc(C3CCCO3)nn21. The first-order valence-corrected chi connectivity index (χ1v) is 5.90. The molecule has 1 saturated heterocycles. The molecule has 6 heteroatoms. The van der Waals surface area contributed by atoms with Crippen LogP contribution < -0.4 is 11.1 Å². The zero-order valence-corrected chi connectivity index (χ0v) is 9.22. The molecule has 3 N–H and O–H groups in total. The van der Waals surface area contributed by atoms with Gasteiger partial charge in [-0.25, -0.2) is 4.68 Å². The third kappa shape index (κ3) is 1.58. The normalized spacial score (nSPS) is 28.8.